The first-order valence-corrected chi connectivity index (χ1v) is 4.47. The van der Waals surface area contributed by atoms with E-state index in [0.29, 0.717) is 6.61 Å². The standard InChI is InChI=1S/C8H13NO5/c1-3-12-7-5-6(9(11)14-7)8(10)13-4-2/h7H,3-5H2,1-2H3. The zero-order valence-electron chi connectivity index (χ0n) is 8.19. The molecule has 6 heteroatoms. The predicted molar refractivity (Wildman–Crippen MR) is 46.4 cm³/mol. The van der Waals surface area contributed by atoms with Gasteiger partial charge in [-0.05, 0) is 13.8 Å². The summed E-state index contributed by atoms with van der Waals surface area (Å²) in [6, 6.07) is 0. The lowest BCUT2D eigenvalue weighted by Gasteiger charge is -2.09. The lowest BCUT2D eigenvalue weighted by Crippen LogP contribution is -2.21. The molecule has 0 radical (unpaired) electrons. The Kier molecular flexibility index (Phi) is 3.70. The zero-order chi connectivity index (χ0) is 10.6. The van der Waals surface area contributed by atoms with Gasteiger partial charge in [0.1, 0.15) is 0 Å². The topological polar surface area (TPSA) is 70.8 Å². The first-order chi connectivity index (χ1) is 6.69. The quantitative estimate of drug-likeness (QED) is 0.482. The fourth-order valence-electron chi connectivity index (χ4n) is 1.09. The van der Waals surface area contributed by atoms with Gasteiger partial charge in [0.15, 0.2) is 6.29 Å². The molecule has 0 spiro atoms. The Balaban J connectivity index is 2.53. The van der Waals surface area contributed by atoms with Gasteiger partial charge in [-0.3, -0.25) is 5.21 Å². The third kappa shape index (κ3) is 2.35. The van der Waals surface area contributed by atoms with Crippen molar-refractivity contribution in [2.24, 2.45) is 0 Å². The maximum Gasteiger partial charge on any atom is 0.405 e. The first-order valence-electron chi connectivity index (χ1n) is 4.47. The monoisotopic (exact) mass is 203 g/mol. The van der Waals surface area contributed by atoms with Crippen molar-refractivity contribution in [3.63, 3.8) is 0 Å². The number of nitrogens with zero attached hydrogens (tertiary/aromatic N) is 1. The van der Waals surface area contributed by atoms with E-state index in [4.69, 9.17) is 9.57 Å². The van der Waals surface area contributed by atoms with Crippen LogP contribution in [-0.4, -0.2) is 36.1 Å². The number of rotatable bonds is 4. The molecule has 0 aromatic carbocycles. The predicted octanol–water partition coefficient (Wildman–Crippen LogP) is 0.199. The maximum atomic E-state index is 11.2. The smallest absolute Gasteiger partial charge is 0.405 e. The molecule has 0 saturated carbocycles. The molecule has 0 saturated heterocycles. The Morgan fingerprint density at radius 1 is 1.64 bits per heavy atom. The van der Waals surface area contributed by atoms with Crippen LogP contribution < -0.4 is 0 Å². The van der Waals surface area contributed by atoms with Gasteiger partial charge >= 0.3 is 11.7 Å². The van der Waals surface area contributed by atoms with E-state index >= 15 is 0 Å². The van der Waals surface area contributed by atoms with E-state index < -0.39 is 12.3 Å². The fourth-order valence-corrected chi connectivity index (χ4v) is 1.09. The number of hydrogen-bond donors (Lipinski definition) is 0. The van der Waals surface area contributed by atoms with E-state index in [1.54, 1.807) is 13.8 Å². The minimum atomic E-state index is -0.670. The van der Waals surface area contributed by atoms with Gasteiger partial charge in [-0.2, -0.15) is 0 Å². The van der Waals surface area contributed by atoms with Crippen molar-refractivity contribution in [2.75, 3.05) is 13.2 Å². The molecule has 6 nitrogen and oxygen atoms in total. The van der Waals surface area contributed by atoms with E-state index in [1.807, 2.05) is 0 Å². The highest BCUT2D eigenvalue weighted by molar-refractivity contribution is 6.34. The summed E-state index contributed by atoms with van der Waals surface area (Å²) in [7, 11) is 0. The first kappa shape index (κ1) is 10.8. The fraction of sp³-hybridized carbons (Fsp3) is 0.750. The second kappa shape index (κ2) is 4.80. The summed E-state index contributed by atoms with van der Waals surface area (Å²) in [5, 5.41) is 11.1. The van der Waals surface area contributed by atoms with Gasteiger partial charge in [-0.1, -0.05) is 0 Å². The molecule has 1 rings (SSSR count). The molecule has 1 heterocycles. The van der Waals surface area contributed by atoms with Crippen LogP contribution >= 0.6 is 0 Å². The van der Waals surface area contributed by atoms with E-state index in [0.717, 1.165) is 0 Å². The molecule has 14 heavy (non-hydrogen) atoms. The molecule has 80 valence electrons. The molecule has 0 aliphatic carbocycles. The van der Waals surface area contributed by atoms with Gasteiger partial charge in [0.25, 0.3) is 0 Å². The lowest BCUT2D eigenvalue weighted by atomic mass is 10.3. The Hall–Kier alpha value is -1.30. The molecule has 1 aliphatic heterocycles. The van der Waals surface area contributed by atoms with Crippen LogP contribution in [0.15, 0.2) is 0 Å². The molecule has 0 aromatic rings. The van der Waals surface area contributed by atoms with Crippen LogP contribution in [0, 0.1) is 5.21 Å². The van der Waals surface area contributed by atoms with E-state index in [1.165, 1.54) is 0 Å². The highest BCUT2D eigenvalue weighted by atomic mass is 16.9. The van der Waals surface area contributed by atoms with Crippen molar-refractivity contribution in [3.8, 4) is 0 Å². The number of carbonyl (C=O) groups is 1. The normalized spacial score (nSPS) is 20.9. The van der Waals surface area contributed by atoms with Gasteiger partial charge in [0.2, 0.25) is 0 Å². The van der Waals surface area contributed by atoms with Crippen molar-refractivity contribution < 1.29 is 24.0 Å². The molecule has 0 N–H and O–H groups in total. The number of ether oxygens (including phenoxy) is 2. The summed E-state index contributed by atoms with van der Waals surface area (Å²) in [5.41, 5.74) is -0.0506. The number of carbonyl (C=O) groups excluding carboxylic acids is 1. The molecule has 1 aliphatic rings. The van der Waals surface area contributed by atoms with Crippen LogP contribution in [0.4, 0.5) is 0 Å². The van der Waals surface area contributed by atoms with Crippen molar-refractivity contribution in [2.45, 2.75) is 26.6 Å². The van der Waals surface area contributed by atoms with Crippen LogP contribution in [0.2, 0.25) is 0 Å². The Bertz CT molecular complexity index is 250. The van der Waals surface area contributed by atoms with E-state index in [2.05, 4.69) is 4.74 Å². The third-order valence-corrected chi connectivity index (χ3v) is 1.66. The van der Waals surface area contributed by atoms with Gasteiger partial charge in [-0.15, -0.1) is 0 Å². The summed E-state index contributed by atoms with van der Waals surface area (Å²) in [6.45, 7) is 4.11. The molecule has 0 amide bonds. The van der Waals surface area contributed by atoms with Crippen LogP contribution in [-0.2, 0) is 19.1 Å². The molecule has 1 atom stereocenters. The van der Waals surface area contributed by atoms with Crippen molar-refractivity contribution in [3.05, 3.63) is 5.21 Å². The Morgan fingerprint density at radius 3 is 2.93 bits per heavy atom. The highest BCUT2D eigenvalue weighted by Crippen LogP contribution is 2.11. The maximum absolute atomic E-state index is 11.2. The number of hydrogen-bond acceptors (Lipinski definition) is 5. The summed E-state index contributed by atoms with van der Waals surface area (Å²) >= 11 is 0. The van der Waals surface area contributed by atoms with Gasteiger partial charge in [-0.25, -0.2) is 4.79 Å². The molecule has 0 fully saturated rings. The summed E-state index contributed by atoms with van der Waals surface area (Å²) in [5.74, 6) is -0.648. The van der Waals surface area contributed by atoms with Crippen LogP contribution in [0.5, 0.6) is 0 Å². The van der Waals surface area contributed by atoms with Crippen molar-refractivity contribution >= 4 is 11.7 Å². The average Bonchev–Trinajstić information content (AvgIpc) is 2.48. The van der Waals surface area contributed by atoms with E-state index in [9.17, 15) is 10.0 Å². The van der Waals surface area contributed by atoms with Gasteiger partial charge in [0, 0.05) is 6.61 Å². The minimum Gasteiger partial charge on any atom is -0.458 e. The lowest BCUT2D eigenvalue weighted by molar-refractivity contribution is -0.751. The molecular weight excluding hydrogens is 190 g/mol. The Morgan fingerprint density at radius 2 is 2.36 bits per heavy atom. The molecule has 1 unspecified atom stereocenters. The summed E-state index contributed by atoms with van der Waals surface area (Å²) in [4.78, 5) is 16.0. The van der Waals surface area contributed by atoms with Crippen molar-refractivity contribution in [1.29, 1.82) is 0 Å². The van der Waals surface area contributed by atoms with Crippen LogP contribution in [0.3, 0.4) is 0 Å². The summed E-state index contributed by atoms with van der Waals surface area (Å²) < 4.78 is 9.71. The second-order valence-electron chi connectivity index (χ2n) is 2.62. The molecule has 0 bridgehead atoms. The third-order valence-electron chi connectivity index (χ3n) is 1.66. The largest absolute Gasteiger partial charge is 0.458 e. The zero-order valence-corrected chi connectivity index (χ0v) is 8.19. The molecular formula is C8H13NO5. The van der Waals surface area contributed by atoms with Crippen LogP contribution in [0.25, 0.3) is 0 Å². The minimum absolute atomic E-state index is 0.0506. The Labute approximate surface area is 81.6 Å². The van der Waals surface area contributed by atoms with E-state index in [-0.39, 0.29) is 23.6 Å². The average molecular weight is 203 g/mol. The number of esters is 1. The molecule has 0 aromatic heterocycles. The van der Waals surface area contributed by atoms with Crippen LogP contribution in [0.1, 0.15) is 20.3 Å². The van der Waals surface area contributed by atoms with Gasteiger partial charge < -0.3 is 14.3 Å². The summed E-state index contributed by atoms with van der Waals surface area (Å²) in [6.07, 6.45) is -0.534. The highest BCUT2D eigenvalue weighted by Gasteiger charge is 2.35. The van der Waals surface area contributed by atoms with Crippen molar-refractivity contribution in [1.82, 2.24) is 0 Å². The SMILES string of the molecule is CCOC(=O)C1=[N+]([O-])OC(OCC)C1. The second-order valence-corrected chi connectivity index (χ2v) is 2.62. The van der Waals surface area contributed by atoms with Gasteiger partial charge in [0.05, 0.1) is 17.9 Å².